The van der Waals surface area contributed by atoms with Gasteiger partial charge in [-0.2, -0.15) is 4.98 Å². The summed E-state index contributed by atoms with van der Waals surface area (Å²) < 4.78 is 0. The van der Waals surface area contributed by atoms with Crippen molar-refractivity contribution in [3.8, 4) is 0 Å². The molecule has 0 amide bonds. The molecule has 0 radical (unpaired) electrons. The van der Waals surface area contributed by atoms with Gasteiger partial charge in [-0.1, -0.05) is 13.8 Å². The Labute approximate surface area is 98.5 Å². The monoisotopic (exact) mass is 237 g/mol. The van der Waals surface area contributed by atoms with Crippen molar-refractivity contribution in [2.75, 3.05) is 11.9 Å². The molecule has 86 valence electrons. The maximum atomic E-state index is 4.47. The molecule has 0 fully saturated rings. The summed E-state index contributed by atoms with van der Waals surface area (Å²) in [6, 6.07) is 0. The van der Waals surface area contributed by atoms with Crippen molar-refractivity contribution in [3.05, 3.63) is 6.33 Å². The van der Waals surface area contributed by atoms with Gasteiger partial charge >= 0.3 is 0 Å². The lowest BCUT2D eigenvalue weighted by Crippen LogP contribution is -2.03. The number of aromatic nitrogens is 4. The highest BCUT2D eigenvalue weighted by Gasteiger charge is 2.11. The Hall–Kier alpha value is -1.30. The summed E-state index contributed by atoms with van der Waals surface area (Å²) in [5.74, 6) is 0.644. The second-order valence-corrected chi connectivity index (χ2v) is 5.22. The summed E-state index contributed by atoms with van der Waals surface area (Å²) in [7, 11) is 0. The number of rotatable bonds is 4. The van der Waals surface area contributed by atoms with Crippen LogP contribution in [0.3, 0.4) is 0 Å². The number of nitrogens with zero attached hydrogens (tertiary/aromatic N) is 3. The lowest BCUT2D eigenvalue weighted by Gasteiger charge is -2.07. The minimum atomic E-state index is 0.482. The molecule has 0 saturated carbocycles. The van der Waals surface area contributed by atoms with Gasteiger partial charge in [0.15, 0.2) is 5.65 Å². The van der Waals surface area contributed by atoms with Gasteiger partial charge < -0.3 is 10.3 Å². The molecule has 0 aliphatic carbocycles. The van der Waals surface area contributed by atoms with Crippen LogP contribution < -0.4 is 5.32 Å². The Morgan fingerprint density at radius 2 is 2.25 bits per heavy atom. The van der Waals surface area contributed by atoms with E-state index in [2.05, 4.69) is 39.1 Å². The molecule has 0 aliphatic rings. The molecule has 0 aliphatic heterocycles. The number of fused-ring (bicyclic) bond motifs is 1. The van der Waals surface area contributed by atoms with E-state index in [-0.39, 0.29) is 0 Å². The molecule has 0 unspecified atom stereocenters. The number of anilines is 1. The Morgan fingerprint density at radius 1 is 1.44 bits per heavy atom. The Kier molecular flexibility index (Phi) is 3.28. The van der Waals surface area contributed by atoms with Crippen molar-refractivity contribution in [3.63, 3.8) is 0 Å². The molecule has 16 heavy (non-hydrogen) atoms. The van der Waals surface area contributed by atoms with Gasteiger partial charge in [0.2, 0.25) is 5.95 Å². The zero-order valence-corrected chi connectivity index (χ0v) is 10.4. The summed E-state index contributed by atoms with van der Waals surface area (Å²) in [4.78, 5) is 16.0. The van der Waals surface area contributed by atoms with Gasteiger partial charge in [0.25, 0.3) is 0 Å². The van der Waals surface area contributed by atoms with Gasteiger partial charge in [-0.3, -0.25) is 0 Å². The standard InChI is InChI=1S/C10H15N5S/c1-4-11-10-14-8-7(12-5-13-8)9(15-10)16-6(2)3/h5-6H,4H2,1-3H3,(H2,11,12,13,14,15). The predicted molar refractivity (Wildman–Crippen MR) is 66.8 cm³/mol. The molecule has 2 heterocycles. The summed E-state index contributed by atoms with van der Waals surface area (Å²) in [5, 5.41) is 4.55. The maximum absolute atomic E-state index is 4.47. The molecule has 2 rings (SSSR count). The van der Waals surface area contributed by atoms with E-state index in [0.29, 0.717) is 16.8 Å². The Balaban J connectivity index is 2.46. The quantitative estimate of drug-likeness (QED) is 0.631. The largest absolute Gasteiger partial charge is 0.354 e. The number of thioether (sulfide) groups is 1. The number of H-pyrrole nitrogens is 1. The first-order valence-electron chi connectivity index (χ1n) is 5.32. The fraction of sp³-hybridized carbons (Fsp3) is 0.500. The molecule has 0 aromatic carbocycles. The maximum Gasteiger partial charge on any atom is 0.225 e. The minimum Gasteiger partial charge on any atom is -0.354 e. The molecule has 0 atom stereocenters. The summed E-state index contributed by atoms with van der Waals surface area (Å²) in [6.07, 6.45) is 1.65. The highest BCUT2D eigenvalue weighted by molar-refractivity contribution is 8.00. The highest BCUT2D eigenvalue weighted by Crippen LogP contribution is 2.27. The summed E-state index contributed by atoms with van der Waals surface area (Å²) >= 11 is 1.71. The molecule has 5 nitrogen and oxygen atoms in total. The number of hydrogen-bond donors (Lipinski definition) is 2. The van der Waals surface area contributed by atoms with Crippen LogP contribution in [0.25, 0.3) is 11.2 Å². The van der Waals surface area contributed by atoms with Gasteiger partial charge in [0.05, 0.1) is 6.33 Å². The smallest absolute Gasteiger partial charge is 0.225 e. The van der Waals surface area contributed by atoms with E-state index < -0.39 is 0 Å². The topological polar surface area (TPSA) is 66.5 Å². The number of aromatic amines is 1. The fourth-order valence-corrected chi connectivity index (χ4v) is 2.21. The second-order valence-electron chi connectivity index (χ2n) is 3.65. The van der Waals surface area contributed by atoms with Crippen molar-refractivity contribution in [2.24, 2.45) is 0 Å². The molecule has 2 N–H and O–H groups in total. The fourth-order valence-electron chi connectivity index (χ4n) is 1.35. The first kappa shape index (κ1) is 11.2. The Morgan fingerprint density at radius 3 is 2.94 bits per heavy atom. The molecule has 0 spiro atoms. The van der Waals surface area contributed by atoms with E-state index in [1.165, 1.54) is 0 Å². The first-order chi connectivity index (χ1) is 7.70. The van der Waals surface area contributed by atoms with E-state index >= 15 is 0 Å². The van der Waals surface area contributed by atoms with Crippen molar-refractivity contribution in [1.82, 2.24) is 19.9 Å². The SMILES string of the molecule is CCNc1nc(SC(C)C)c2[nH]cnc2n1. The minimum absolute atomic E-state index is 0.482. The molecule has 0 saturated heterocycles. The van der Waals surface area contributed by atoms with Crippen LogP contribution in [0.5, 0.6) is 0 Å². The summed E-state index contributed by atoms with van der Waals surface area (Å²) in [6.45, 7) is 7.11. The van der Waals surface area contributed by atoms with Crippen molar-refractivity contribution in [2.45, 2.75) is 31.0 Å². The van der Waals surface area contributed by atoms with Gasteiger partial charge in [-0.15, -0.1) is 11.8 Å². The van der Waals surface area contributed by atoms with E-state index in [4.69, 9.17) is 0 Å². The molecule has 2 aromatic heterocycles. The van der Waals surface area contributed by atoms with Crippen LogP contribution >= 0.6 is 11.8 Å². The van der Waals surface area contributed by atoms with Crippen LogP contribution in [0, 0.1) is 0 Å². The van der Waals surface area contributed by atoms with E-state index in [1.807, 2.05) is 6.92 Å². The number of nitrogens with one attached hydrogen (secondary N) is 2. The van der Waals surface area contributed by atoms with E-state index in [9.17, 15) is 0 Å². The lowest BCUT2D eigenvalue weighted by atomic mass is 10.5. The van der Waals surface area contributed by atoms with E-state index in [0.717, 1.165) is 17.1 Å². The summed E-state index contributed by atoms with van der Waals surface area (Å²) in [5.41, 5.74) is 1.63. The van der Waals surface area contributed by atoms with Crippen LogP contribution in [-0.4, -0.2) is 31.7 Å². The first-order valence-corrected chi connectivity index (χ1v) is 6.20. The lowest BCUT2D eigenvalue weighted by molar-refractivity contribution is 1.03. The third-order valence-electron chi connectivity index (χ3n) is 1.93. The van der Waals surface area contributed by atoms with E-state index in [1.54, 1.807) is 18.1 Å². The highest BCUT2D eigenvalue weighted by atomic mass is 32.2. The average molecular weight is 237 g/mol. The molecular formula is C10H15N5S. The van der Waals surface area contributed by atoms with Gasteiger partial charge in [0.1, 0.15) is 10.5 Å². The zero-order valence-electron chi connectivity index (χ0n) is 9.61. The normalized spacial score (nSPS) is 11.2. The third kappa shape index (κ3) is 2.27. The van der Waals surface area contributed by atoms with Crippen molar-refractivity contribution >= 4 is 28.9 Å². The molecule has 2 aromatic rings. The zero-order chi connectivity index (χ0) is 11.5. The van der Waals surface area contributed by atoms with Crippen LogP contribution in [0.4, 0.5) is 5.95 Å². The van der Waals surface area contributed by atoms with Crippen LogP contribution in [0.2, 0.25) is 0 Å². The van der Waals surface area contributed by atoms with Gasteiger partial charge in [0, 0.05) is 11.8 Å². The molecule has 0 bridgehead atoms. The molecule has 6 heteroatoms. The van der Waals surface area contributed by atoms with Crippen molar-refractivity contribution in [1.29, 1.82) is 0 Å². The average Bonchev–Trinajstić information content (AvgIpc) is 2.65. The predicted octanol–water partition coefficient (Wildman–Crippen LogP) is 2.29. The van der Waals surface area contributed by atoms with Gasteiger partial charge in [-0.05, 0) is 6.92 Å². The van der Waals surface area contributed by atoms with Crippen LogP contribution in [0.1, 0.15) is 20.8 Å². The Bertz CT molecular complexity index is 479. The number of hydrogen-bond acceptors (Lipinski definition) is 5. The second kappa shape index (κ2) is 4.69. The van der Waals surface area contributed by atoms with Crippen LogP contribution in [0.15, 0.2) is 11.4 Å². The van der Waals surface area contributed by atoms with Crippen molar-refractivity contribution < 1.29 is 0 Å². The number of imidazole rings is 1. The third-order valence-corrected chi connectivity index (χ3v) is 2.92. The van der Waals surface area contributed by atoms with Crippen LogP contribution in [-0.2, 0) is 0 Å². The molecular weight excluding hydrogens is 222 g/mol. The van der Waals surface area contributed by atoms with Gasteiger partial charge in [-0.25, -0.2) is 9.97 Å².